The van der Waals surface area contributed by atoms with Gasteiger partial charge in [-0.3, -0.25) is 0 Å². The lowest BCUT2D eigenvalue weighted by atomic mass is 10.1. The van der Waals surface area contributed by atoms with Crippen molar-refractivity contribution in [1.29, 1.82) is 0 Å². The molecule has 0 amide bonds. The molecule has 0 saturated carbocycles. The standard InChI is InChI=1S/C17H16ClN3O/c1-21(10-9-12-5-3-2-4-6-12)16-14-8-7-13(18)11-15(14)19-17(22)20-16/h2-8,11H,9-10H2,1H3,(H,19,20,22). The zero-order valence-electron chi connectivity index (χ0n) is 12.2. The minimum absolute atomic E-state index is 0.365. The van der Waals surface area contributed by atoms with Crippen molar-refractivity contribution in [2.45, 2.75) is 6.42 Å². The lowest BCUT2D eigenvalue weighted by molar-refractivity contribution is 0.857. The Kier molecular flexibility index (Phi) is 4.11. The summed E-state index contributed by atoms with van der Waals surface area (Å²) in [5, 5.41) is 1.48. The van der Waals surface area contributed by atoms with Crippen LogP contribution in [0.4, 0.5) is 5.82 Å². The quantitative estimate of drug-likeness (QED) is 0.804. The van der Waals surface area contributed by atoms with Crippen LogP contribution in [0.2, 0.25) is 5.02 Å². The lowest BCUT2D eigenvalue weighted by Gasteiger charge is -2.19. The van der Waals surface area contributed by atoms with Crippen molar-refractivity contribution in [3.05, 3.63) is 69.6 Å². The minimum atomic E-state index is -0.365. The molecule has 0 atom stereocenters. The number of nitrogens with zero attached hydrogens (tertiary/aromatic N) is 2. The van der Waals surface area contributed by atoms with E-state index in [4.69, 9.17) is 11.6 Å². The molecule has 0 fully saturated rings. The van der Waals surface area contributed by atoms with E-state index in [0.29, 0.717) is 16.4 Å². The van der Waals surface area contributed by atoms with Crippen molar-refractivity contribution in [2.75, 3.05) is 18.5 Å². The number of benzene rings is 2. The molecule has 1 aromatic heterocycles. The van der Waals surface area contributed by atoms with Gasteiger partial charge < -0.3 is 9.88 Å². The summed E-state index contributed by atoms with van der Waals surface area (Å²) in [5.41, 5.74) is 1.59. The molecule has 0 unspecified atom stereocenters. The Balaban J connectivity index is 1.90. The van der Waals surface area contributed by atoms with Gasteiger partial charge in [0.05, 0.1) is 5.52 Å². The highest BCUT2D eigenvalue weighted by Crippen LogP contribution is 2.23. The van der Waals surface area contributed by atoms with Gasteiger partial charge in [0.15, 0.2) is 0 Å². The maximum Gasteiger partial charge on any atom is 0.347 e. The van der Waals surface area contributed by atoms with E-state index in [1.807, 2.05) is 36.2 Å². The van der Waals surface area contributed by atoms with E-state index < -0.39 is 0 Å². The first-order chi connectivity index (χ1) is 10.6. The summed E-state index contributed by atoms with van der Waals surface area (Å²) in [5.74, 6) is 0.673. The highest BCUT2D eigenvalue weighted by atomic mass is 35.5. The van der Waals surface area contributed by atoms with E-state index in [1.54, 1.807) is 12.1 Å². The van der Waals surface area contributed by atoms with Crippen molar-refractivity contribution in [3.8, 4) is 0 Å². The molecule has 0 aliphatic carbocycles. The molecule has 0 spiro atoms. The zero-order valence-corrected chi connectivity index (χ0v) is 13.0. The van der Waals surface area contributed by atoms with Crippen LogP contribution in [-0.4, -0.2) is 23.6 Å². The fraction of sp³-hybridized carbons (Fsp3) is 0.176. The summed E-state index contributed by atoms with van der Waals surface area (Å²) in [6.45, 7) is 0.776. The molecule has 5 heteroatoms. The molecular weight excluding hydrogens is 298 g/mol. The molecule has 3 rings (SSSR count). The van der Waals surface area contributed by atoms with Crippen molar-refractivity contribution >= 4 is 28.3 Å². The molecule has 0 bridgehead atoms. The molecule has 1 heterocycles. The van der Waals surface area contributed by atoms with E-state index in [0.717, 1.165) is 18.4 Å². The van der Waals surface area contributed by atoms with Crippen molar-refractivity contribution in [3.63, 3.8) is 0 Å². The molecule has 0 aliphatic rings. The van der Waals surface area contributed by atoms with Gasteiger partial charge in [-0.15, -0.1) is 0 Å². The maximum atomic E-state index is 11.8. The lowest BCUT2D eigenvalue weighted by Crippen LogP contribution is -2.25. The number of H-pyrrole nitrogens is 1. The van der Waals surface area contributed by atoms with E-state index in [9.17, 15) is 4.79 Å². The molecule has 2 aromatic carbocycles. The minimum Gasteiger partial charge on any atom is -0.359 e. The normalized spacial score (nSPS) is 10.8. The number of halogens is 1. The van der Waals surface area contributed by atoms with Gasteiger partial charge in [-0.05, 0) is 30.2 Å². The maximum absolute atomic E-state index is 11.8. The molecule has 4 nitrogen and oxygen atoms in total. The summed E-state index contributed by atoms with van der Waals surface area (Å²) >= 11 is 5.99. The van der Waals surface area contributed by atoms with Crippen LogP contribution in [0.15, 0.2) is 53.3 Å². The van der Waals surface area contributed by atoms with Crippen LogP contribution < -0.4 is 10.6 Å². The number of nitrogens with one attached hydrogen (secondary N) is 1. The first-order valence-corrected chi connectivity index (χ1v) is 7.46. The van der Waals surface area contributed by atoms with Gasteiger partial charge in [-0.2, -0.15) is 4.98 Å². The zero-order chi connectivity index (χ0) is 15.5. The third-order valence-electron chi connectivity index (χ3n) is 3.61. The van der Waals surface area contributed by atoms with E-state index in [-0.39, 0.29) is 5.69 Å². The molecule has 0 saturated heterocycles. The molecular formula is C17H16ClN3O. The number of aromatic nitrogens is 2. The number of aromatic amines is 1. The number of rotatable bonds is 4. The average Bonchev–Trinajstić information content (AvgIpc) is 2.52. The Morgan fingerprint density at radius 3 is 2.73 bits per heavy atom. The average molecular weight is 314 g/mol. The fourth-order valence-corrected chi connectivity index (χ4v) is 2.62. The second-order valence-electron chi connectivity index (χ2n) is 5.21. The molecule has 0 radical (unpaired) electrons. The largest absolute Gasteiger partial charge is 0.359 e. The Hall–Kier alpha value is -2.33. The van der Waals surface area contributed by atoms with Crippen LogP contribution in [-0.2, 0) is 6.42 Å². The second kappa shape index (κ2) is 6.20. The van der Waals surface area contributed by atoms with Crippen LogP contribution >= 0.6 is 11.6 Å². The van der Waals surface area contributed by atoms with Crippen LogP contribution in [0.5, 0.6) is 0 Å². The first-order valence-electron chi connectivity index (χ1n) is 7.08. The van der Waals surface area contributed by atoms with Crippen LogP contribution in [0.3, 0.4) is 0 Å². The Labute approximate surface area is 133 Å². The number of hydrogen-bond acceptors (Lipinski definition) is 3. The fourth-order valence-electron chi connectivity index (χ4n) is 2.45. The summed E-state index contributed by atoms with van der Waals surface area (Å²) in [7, 11) is 1.94. The van der Waals surface area contributed by atoms with Crippen molar-refractivity contribution < 1.29 is 0 Å². The van der Waals surface area contributed by atoms with Crippen LogP contribution in [0.1, 0.15) is 5.56 Å². The molecule has 3 aromatic rings. The molecule has 1 N–H and O–H groups in total. The summed E-state index contributed by atoms with van der Waals surface area (Å²) in [6.07, 6.45) is 0.890. The number of likely N-dealkylation sites (N-methyl/N-ethyl adjacent to an activating group) is 1. The van der Waals surface area contributed by atoms with E-state index >= 15 is 0 Å². The Morgan fingerprint density at radius 2 is 1.95 bits per heavy atom. The highest BCUT2D eigenvalue weighted by molar-refractivity contribution is 6.31. The van der Waals surface area contributed by atoms with Gasteiger partial charge >= 0.3 is 5.69 Å². The Bertz CT molecular complexity index is 845. The van der Waals surface area contributed by atoms with Crippen LogP contribution in [0, 0.1) is 0 Å². The summed E-state index contributed by atoms with van der Waals surface area (Å²) in [6, 6.07) is 15.7. The van der Waals surface area contributed by atoms with Gasteiger partial charge in [-0.25, -0.2) is 4.79 Å². The predicted molar refractivity (Wildman–Crippen MR) is 90.8 cm³/mol. The van der Waals surface area contributed by atoms with Gasteiger partial charge in [0, 0.05) is 24.0 Å². The molecule has 0 aliphatic heterocycles. The Morgan fingerprint density at radius 1 is 1.18 bits per heavy atom. The number of hydrogen-bond donors (Lipinski definition) is 1. The molecule has 22 heavy (non-hydrogen) atoms. The van der Waals surface area contributed by atoms with E-state index in [2.05, 4.69) is 22.1 Å². The predicted octanol–water partition coefficient (Wildman–Crippen LogP) is 3.26. The van der Waals surface area contributed by atoms with E-state index in [1.165, 1.54) is 5.56 Å². The molecule has 112 valence electrons. The first kappa shape index (κ1) is 14.6. The van der Waals surface area contributed by atoms with Crippen molar-refractivity contribution in [1.82, 2.24) is 9.97 Å². The summed E-state index contributed by atoms with van der Waals surface area (Å²) < 4.78 is 0. The van der Waals surface area contributed by atoms with Crippen LogP contribution in [0.25, 0.3) is 10.9 Å². The monoisotopic (exact) mass is 313 g/mol. The SMILES string of the molecule is CN(CCc1ccccc1)c1nc(=O)[nH]c2cc(Cl)ccc12. The van der Waals surface area contributed by atoms with Gasteiger partial charge in [0.1, 0.15) is 5.82 Å². The number of fused-ring (bicyclic) bond motifs is 1. The topological polar surface area (TPSA) is 49.0 Å². The summed E-state index contributed by atoms with van der Waals surface area (Å²) in [4.78, 5) is 20.6. The third kappa shape index (κ3) is 3.12. The van der Waals surface area contributed by atoms with Gasteiger partial charge in [-0.1, -0.05) is 41.9 Å². The smallest absolute Gasteiger partial charge is 0.347 e. The third-order valence-corrected chi connectivity index (χ3v) is 3.85. The van der Waals surface area contributed by atoms with Gasteiger partial charge in [0.2, 0.25) is 0 Å². The second-order valence-corrected chi connectivity index (χ2v) is 5.65. The van der Waals surface area contributed by atoms with Gasteiger partial charge in [0.25, 0.3) is 0 Å². The number of anilines is 1. The van der Waals surface area contributed by atoms with Crippen molar-refractivity contribution in [2.24, 2.45) is 0 Å². The highest BCUT2D eigenvalue weighted by Gasteiger charge is 2.10.